The smallest absolute Gasteiger partial charge is 0.452 e. The van der Waals surface area contributed by atoms with E-state index in [9.17, 15) is 27.6 Å². The number of carbonyl (C=O) groups excluding carboxylic acids is 1. The van der Waals surface area contributed by atoms with Gasteiger partial charge in [-0.15, -0.1) is 0 Å². The molecule has 1 saturated heterocycles. The molecule has 1 fully saturated rings. The van der Waals surface area contributed by atoms with Crippen molar-refractivity contribution in [1.29, 1.82) is 0 Å². The average Bonchev–Trinajstić information content (AvgIpc) is 3.72. The Hall–Kier alpha value is -5.05. The van der Waals surface area contributed by atoms with Crippen LogP contribution in [0.3, 0.4) is 0 Å². The number of hydrogen-bond acceptors (Lipinski definition) is 9. The molecule has 1 aliphatic heterocycles. The molecule has 258 valence electrons. The molecule has 2 aromatic carbocycles. The van der Waals surface area contributed by atoms with E-state index in [1.54, 1.807) is 9.08 Å². The number of benzene rings is 2. The van der Waals surface area contributed by atoms with Crippen LogP contribution in [-0.2, 0) is 22.4 Å². The number of hydrogen-bond donors (Lipinski definition) is 1. The molecule has 6 rings (SSSR count). The zero-order chi connectivity index (χ0) is 34.9. The number of piperidine rings is 1. The Labute approximate surface area is 278 Å². The number of esters is 1. The van der Waals surface area contributed by atoms with E-state index in [0.29, 0.717) is 61.5 Å². The van der Waals surface area contributed by atoms with Gasteiger partial charge in [-0.25, -0.2) is 14.1 Å². The molecule has 5 aromatic rings. The summed E-state index contributed by atoms with van der Waals surface area (Å²) in [5.74, 6) is -2.07. The van der Waals surface area contributed by atoms with Crippen molar-refractivity contribution in [2.45, 2.75) is 70.7 Å². The minimum Gasteiger partial charge on any atom is -0.452 e. The van der Waals surface area contributed by atoms with Crippen molar-refractivity contribution in [1.82, 2.24) is 34.2 Å². The summed E-state index contributed by atoms with van der Waals surface area (Å²) < 4.78 is 51.3. The molecule has 0 unspecified atom stereocenters. The summed E-state index contributed by atoms with van der Waals surface area (Å²) in [6, 6.07) is 15.2. The average molecular weight is 680 g/mol. The highest BCUT2D eigenvalue weighted by Gasteiger charge is 2.44. The summed E-state index contributed by atoms with van der Waals surface area (Å²) in [5, 5.41) is 8.33. The number of nitrogens with one attached hydrogen (secondary N) is 1. The quantitative estimate of drug-likeness (QED) is 0.203. The van der Waals surface area contributed by atoms with E-state index in [0.717, 1.165) is 28.8 Å². The zero-order valence-electron chi connectivity index (χ0n) is 27.3. The number of halogens is 3. The second-order valence-corrected chi connectivity index (χ2v) is 12.8. The summed E-state index contributed by atoms with van der Waals surface area (Å²) in [6.45, 7) is 6.04. The molecule has 0 saturated carbocycles. The minimum atomic E-state index is -5.06. The fourth-order valence-electron chi connectivity index (χ4n) is 6.59. The van der Waals surface area contributed by atoms with Gasteiger partial charge in [0.05, 0.1) is 5.69 Å². The summed E-state index contributed by atoms with van der Waals surface area (Å²) in [6.07, 6.45) is -0.762. The Balaban J connectivity index is 1.25. The Kier molecular flexibility index (Phi) is 9.29. The van der Waals surface area contributed by atoms with Gasteiger partial charge in [0.2, 0.25) is 5.78 Å². The molecule has 0 bridgehead atoms. The van der Waals surface area contributed by atoms with Crippen molar-refractivity contribution < 1.29 is 27.2 Å². The zero-order valence-corrected chi connectivity index (χ0v) is 27.3. The SMILES string of the molecule is CCCc1c(Cc2ccc(-c3ccccc3-c3noc(=O)[nH]3)cc2)c(=O)n(C2CCN(CC(C)(C)OC(=O)C(F)(F)F)CC2)c2ncnn12. The molecule has 3 aromatic heterocycles. The van der Waals surface area contributed by atoms with Crippen molar-refractivity contribution in [2.24, 2.45) is 0 Å². The van der Waals surface area contributed by atoms with Gasteiger partial charge in [-0.05, 0) is 49.8 Å². The summed E-state index contributed by atoms with van der Waals surface area (Å²) in [7, 11) is 0. The van der Waals surface area contributed by atoms with Gasteiger partial charge in [0.1, 0.15) is 11.9 Å². The van der Waals surface area contributed by atoms with Gasteiger partial charge in [0.25, 0.3) is 5.56 Å². The van der Waals surface area contributed by atoms with Crippen LogP contribution in [0.25, 0.3) is 28.3 Å². The van der Waals surface area contributed by atoms with E-state index >= 15 is 0 Å². The first-order valence-electron chi connectivity index (χ1n) is 16.1. The molecule has 1 aliphatic rings. The van der Waals surface area contributed by atoms with Crippen LogP contribution in [0, 0.1) is 0 Å². The van der Waals surface area contributed by atoms with E-state index in [2.05, 4.69) is 20.2 Å². The van der Waals surface area contributed by atoms with Gasteiger partial charge in [0, 0.05) is 43.2 Å². The maximum absolute atomic E-state index is 14.4. The second kappa shape index (κ2) is 13.5. The molecule has 0 spiro atoms. The third kappa shape index (κ3) is 7.21. The van der Waals surface area contributed by atoms with Gasteiger partial charge < -0.3 is 4.74 Å². The molecule has 0 amide bonds. The van der Waals surface area contributed by atoms with Crippen LogP contribution in [0.15, 0.2) is 69.0 Å². The third-order valence-corrected chi connectivity index (χ3v) is 8.71. The standard InChI is InChI=1S/C34H36F3N7O5/c1-4-7-27-26(18-21-10-12-22(13-11-21)24-8-5-6-9-25(24)28-40-32(47)49-41-28)29(45)43(31-38-20-39-44(27)31)23-14-16-42(17-15-23)19-33(2,3)48-30(46)34(35,36)37/h5-6,8-13,20,23H,4,7,14-19H2,1-3H3,(H,40,41,47). The first kappa shape index (κ1) is 33.8. The summed E-state index contributed by atoms with van der Waals surface area (Å²) >= 11 is 0. The minimum absolute atomic E-state index is 0.120. The monoisotopic (exact) mass is 679 g/mol. The highest BCUT2D eigenvalue weighted by atomic mass is 19.4. The number of aromatic nitrogens is 6. The lowest BCUT2D eigenvalue weighted by atomic mass is 9.96. The van der Waals surface area contributed by atoms with Crippen LogP contribution in [0.4, 0.5) is 13.2 Å². The predicted octanol–water partition coefficient (Wildman–Crippen LogP) is 4.97. The number of likely N-dealkylation sites (tertiary alicyclic amines) is 1. The molecule has 0 atom stereocenters. The molecule has 15 heteroatoms. The Morgan fingerprint density at radius 1 is 1.04 bits per heavy atom. The molecule has 4 heterocycles. The molecule has 0 aliphatic carbocycles. The van der Waals surface area contributed by atoms with Gasteiger partial charge in [-0.2, -0.15) is 23.3 Å². The Bertz CT molecular complexity index is 2070. The van der Waals surface area contributed by atoms with Crippen molar-refractivity contribution in [2.75, 3.05) is 19.6 Å². The molecular formula is C34H36F3N7O5. The number of carbonyl (C=O) groups is 1. The number of aromatic amines is 1. The highest BCUT2D eigenvalue weighted by Crippen LogP contribution is 2.31. The predicted molar refractivity (Wildman–Crippen MR) is 173 cm³/mol. The van der Waals surface area contributed by atoms with Crippen LogP contribution in [0.2, 0.25) is 0 Å². The van der Waals surface area contributed by atoms with Gasteiger partial charge >= 0.3 is 17.9 Å². The summed E-state index contributed by atoms with van der Waals surface area (Å²) in [5.41, 5.74) is 3.30. The topological polar surface area (TPSA) is 141 Å². The van der Waals surface area contributed by atoms with E-state index < -0.39 is 23.5 Å². The van der Waals surface area contributed by atoms with Gasteiger partial charge in [-0.3, -0.25) is 23.8 Å². The first-order valence-corrected chi connectivity index (χ1v) is 16.1. The lowest BCUT2D eigenvalue weighted by Gasteiger charge is -2.37. The number of alkyl halides is 3. The molecule has 12 nitrogen and oxygen atoms in total. The number of fused-ring (bicyclic) bond motifs is 1. The number of ether oxygens (including phenoxy) is 1. The number of aryl methyl sites for hydroxylation is 1. The molecular weight excluding hydrogens is 643 g/mol. The van der Waals surface area contributed by atoms with Gasteiger partial charge in [0.15, 0.2) is 5.82 Å². The third-order valence-electron chi connectivity index (χ3n) is 8.71. The van der Waals surface area contributed by atoms with E-state index in [1.807, 2.05) is 60.4 Å². The van der Waals surface area contributed by atoms with Crippen molar-refractivity contribution >= 4 is 11.7 Å². The fourth-order valence-corrected chi connectivity index (χ4v) is 6.59. The maximum atomic E-state index is 14.4. The van der Waals surface area contributed by atoms with Crippen molar-refractivity contribution in [3.8, 4) is 22.5 Å². The largest absolute Gasteiger partial charge is 0.490 e. The fraction of sp³-hybridized carbons (Fsp3) is 0.412. The summed E-state index contributed by atoms with van der Waals surface area (Å²) in [4.78, 5) is 46.4. The van der Waals surface area contributed by atoms with Crippen LogP contribution in [0.5, 0.6) is 0 Å². The second-order valence-electron chi connectivity index (χ2n) is 12.8. The lowest BCUT2D eigenvalue weighted by molar-refractivity contribution is -0.212. The Morgan fingerprint density at radius 2 is 1.73 bits per heavy atom. The van der Waals surface area contributed by atoms with E-state index in [4.69, 9.17) is 9.26 Å². The lowest BCUT2D eigenvalue weighted by Crippen LogP contribution is -2.47. The first-order chi connectivity index (χ1) is 23.3. The highest BCUT2D eigenvalue weighted by molar-refractivity contribution is 5.80. The van der Waals surface area contributed by atoms with Gasteiger partial charge in [-0.1, -0.05) is 67.0 Å². The van der Waals surface area contributed by atoms with Crippen LogP contribution < -0.4 is 11.3 Å². The Morgan fingerprint density at radius 3 is 2.37 bits per heavy atom. The van der Waals surface area contributed by atoms with Crippen LogP contribution in [-0.4, -0.2) is 71.6 Å². The van der Waals surface area contributed by atoms with Crippen molar-refractivity contribution in [3.63, 3.8) is 0 Å². The van der Waals surface area contributed by atoms with Crippen LogP contribution in [0.1, 0.15) is 62.9 Å². The van der Waals surface area contributed by atoms with Crippen LogP contribution >= 0.6 is 0 Å². The van der Waals surface area contributed by atoms with E-state index in [-0.39, 0.29) is 18.1 Å². The van der Waals surface area contributed by atoms with Crippen molar-refractivity contribution in [3.05, 3.63) is 92.6 Å². The number of rotatable bonds is 10. The normalized spacial score (nSPS) is 14.8. The van der Waals surface area contributed by atoms with E-state index in [1.165, 1.54) is 20.2 Å². The number of nitrogens with zero attached hydrogens (tertiary/aromatic N) is 6. The molecule has 49 heavy (non-hydrogen) atoms. The molecule has 1 N–H and O–H groups in total. The number of H-pyrrole nitrogens is 1. The maximum Gasteiger partial charge on any atom is 0.490 e. The molecule has 0 radical (unpaired) electrons.